The number of hydrogen-bond donors (Lipinski definition) is 2. The van der Waals surface area contributed by atoms with E-state index >= 15 is 0 Å². The smallest absolute Gasteiger partial charge is 0.319 e. The molecule has 19 heavy (non-hydrogen) atoms. The Morgan fingerprint density at radius 3 is 2.74 bits per heavy atom. The van der Waals surface area contributed by atoms with Gasteiger partial charge in [0, 0.05) is 12.5 Å². The molecule has 2 N–H and O–H groups in total. The summed E-state index contributed by atoms with van der Waals surface area (Å²) in [6, 6.07) is 13.5. The van der Waals surface area contributed by atoms with Crippen molar-refractivity contribution in [2.45, 2.75) is 13.0 Å². The predicted molar refractivity (Wildman–Crippen MR) is 77.4 cm³/mol. The zero-order chi connectivity index (χ0) is 13.7. The van der Waals surface area contributed by atoms with Crippen LogP contribution in [0.2, 0.25) is 0 Å². The fraction of sp³-hybridized carbons (Fsp3) is 0.267. The molecule has 1 atom stereocenters. The standard InChI is InChI=1S/C15H18N2O2/c1-11(10-19-2)16-15(18)17-14-9-5-7-12-6-3-4-8-13(12)14/h3-9,11H,10H2,1-2H3,(H2,16,17,18)/t11-/m1/s1. The number of benzene rings is 2. The third-order valence-electron chi connectivity index (χ3n) is 2.83. The van der Waals surface area contributed by atoms with Crippen molar-refractivity contribution in [2.24, 2.45) is 0 Å². The van der Waals surface area contributed by atoms with Crippen LogP contribution in [-0.2, 0) is 4.74 Å². The van der Waals surface area contributed by atoms with E-state index < -0.39 is 0 Å². The molecule has 0 aliphatic heterocycles. The minimum absolute atomic E-state index is 0.0278. The van der Waals surface area contributed by atoms with Crippen LogP contribution in [0.4, 0.5) is 10.5 Å². The first-order valence-electron chi connectivity index (χ1n) is 6.25. The molecule has 0 unspecified atom stereocenters. The van der Waals surface area contributed by atoms with Crippen molar-refractivity contribution in [2.75, 3.05) is 19.0 Å². The molecule has 100 valence electrons. The van der Waals surface area contributed by atoms with Crippen molar-refractivity contribution in [1.82, 2.24) is 5.32 Å². The highest BCUT2D eigenvalue weighted by molar-refractivity contribution is 6.01. The topological polar surface area (TPSA) is 50.4 Å². The maximum Gasteiger partial charge on any atom is 0.319 e. The van der Waals surface area contributed by atoms with Crippen molar-refractivity contribution in [3.8, 4) is 0 Å². The Balaban J connectivity index is 2.11. The summed E-state index contributed by atoms with van der Waals surface area (Å²) in [4.78, 5) is 11.9. The summed E-state index contributed by atoms with van der Waals surface area (Å²) in [6.45, 7) is 2.38. The molecule has 4 heteroatoms. The molecule has 0 aliphatic rings. The van der Waals surface area contributed by atoms with Gasteiger partial charge in [-0.1, -0.05) is 36.4 Å². The van der Waals surface area contributed by atoms with E-state index in [9.17, 15) is 4.79 Å². The maximum absolute atomic E-state index is 11.9. The third kappa shape index (κ3) is 3.45. The van der Waals surface area contributed by atoms with Crippen LogP contribution in [0.5, 0.6) is 0 Å². The molecular weight excluding hydrogens is 240 g/mol. The van der Waals surface area contributed by atoms with Gasteiger partial charge < -0.3 is 15.4 Å². The van der Waals surface area contributed by atoms with Crippen LogP contribution in [0, 0.1) is 0 Å². The lowest BCUT2D eigenvalue weighted by atomic mass is 10.1. The summed E-state index contributed by atoms with van der Waals surface area (Å²) >= 11 is 0. The molecule has 0 heterocycles. The van der Waals surface area contributed by atoms with Crippen LogP contribution in [0.25, 0.3) is 10.8 Å². The van der Waals surface area contributed by atoms with Crippen molar-refractivity contribution >= 4 is 22.5 Å². The van der Waals surface area contributed by atoms with E-state index in [-0.39, 0.29) is 12.1 Å². The van der Waals surface area contributed by atoms with Crippen molar-refractivity contribution < 1.29 is 9.53 Å². The Labute approximate surface area is 112 Å². The predicted octanol–water partition coefficient (Wildman–Crippen LogP) is 3.00. The lowest BCUT2D eigenvalue weighted by molar-refractivity contribution is 0.173. The monoisotopic (exact) mass is 258 g/mol. The number of amides is 2. The molecule has 0 bridgehead atoms. The van der Waals surface area contributed by atoms with E-state index in [4.69, 9.17) is 4.74 Å². The van der Waals surface area contributed by atoms with Gasteiger partial charge in [-0.15, -0.1) is 0 Å². The van der Waals surface area contributed by atoms with Crippen LogP contribution in [0.15, 0.2) is 42.5 Å². The zero-order valence-corrected chi connectivity index (χ0v) is 11.1. The molecule has 0 saturated heterocycles. The van der Waals surface area contributed by atoms with Gasteiger partial charge in [0.15, 0.2) is 0 Å². The van der Waals surface area contributed by atoms with Crippen molar-refractivity contribution in [1.29, 1.82) is 0 Å². The molecular formula is C15H18N2O2. The van der Waals surface area contributed by atoms with Gasteiger partial charge in [-0.05, 0) is 18.4 Å². The van der Waals surface area contributed by atoms with Gasteiger partial charge in [0.05, 0.1) is 18.3 Å². The lowest BCUT2D eigenvalue weighted by Gasteiger charge is -2.14. The summed E-state index contributed by atoms with van der Waals surface area (Å²) in [5.41, 5.74) is 0.806. The molecule has 2 amide bonds. The lowest BCUT2D eigenvalue weighted by Crippen LogP contribution is -2.38. The van der Waals surface area contributed by atoms with Crippen LogP contribution in [0.1, 0.15) is 6.92 Å². The highest BCUT2D eigenvalue weighted by Crippen LogP contribution is 2.22. The highest BCUT2D eigenvalue weighted by Gasteiger charge is 2.08. The number of hydrogen-bond acceptors (Lipinski definition) is 2. The Kier molecular flexibility index (Phi) is 4.36. The normalized spacial score (nSPS) is 12.1. The van der Waals surface area contributed by atoms with Gasteiger partial charge in [0.2, 0.25) is 0 Å². The number of anilines is 1. The highest BCUT2D eigenvalue weighted by atomic mass is 16.5. The quantitative estimate of drug-likeness (QED) is 0.885. The van der Waals surface area contributed by atoms with E-state index in [1.807, 2.05) is 49.4 Å². The molecule has 0 saturated carbocycles. The minimum Gasteiger partial charge on any atom is -0.383 e. The molecule has 0 radical (unpaired) electrons. The molecule has 2 aromatic rings. The first-order chi connectivity index (χ1) is 9.20. The van der Waals surface area contributed by atoms with Gasteiger partial charge in [-0.25, -0.2) is 4.79 Å². The van der Waals surface area contributed by atoms with Crippen LogP contribution >= 0.6 is 0 Å². The zero-order valence-electron chi connectivity index (χ0n) is 11.1. The second-order valence-corrected chi connectivity index (χ2v) is 4.48. The van der Waals surface area contributed by atoms with Gasteiger partial charge in [0.25, 0.3) is 0 Å². The van der Waals surface area contributed by atoms with E-state index in [0.717, 1.165) is 16.5 Å². The van der Waals surface area contributed by atoms with Crippen LogP contribution < -0.4 is 10.6 Å². The Morgan fingerprint density at radius 1 is 1.21 bits per heavy atom. The number of nitrogens with one attached hydrogen (secondary N) is 2. The number of carbonyl (C=O) groups excluding carboxylic acids is 1. The largest absolute Gasteiger partial charge is 0.383 e. The minimum atomic E-state index is -0.221. The van der Waals surface area contributed by atoms with E-state index in [1.165, 1.54) is 0 Å². The molecule has 0 aliphatic carbocycles. The van der Waals surface area contributed by atoms with Gasteiger partial charge in [0.1, 0.15) is 0 Å². The SMILES string of the molecule is COC[C@@H](C)NC(=O)Nc1cccc2ccccc12. The van der Waals surface area contributed by atoms with Gasteiger partial charge >= 0.3 is 6.03 Å². The summed E-state index contributed by atoms with van der Waals surface area (Å²) in [7, 11) is 1.61. The van der Waals surface area contributed by atoms with Gasteiger partial charge in [-0.3, -0.25) is 0 Å². The van der Waals surface area contributed by atoms with E-state index in [2.05, 4.69) is 10.6 Å². The van der Waals surface area contributed by atoms with Crippen molar-refractivity contribution in [3.05, 3.63) is 42.5 Å². The van der Waals surface area contributed by atoms with E-state index in [1.54, 1.807) is 7.11 Å². The Hall–Kier alpha value is -2.07. The van der Waals surface area contributed by atoms with Gasteiger partial charge in [-0.2, -0.15) is 0 Å². The summed E-state index contributed by atoms with van der Waals surface area (Å²) in [5.74, 6) is 0. The summed E-state index contributed by atoms with van der Waals surface area (Å²) in [6.07, 6.45) is 0. The Bertz CT molecular complexity index is 564. The number of fused-ring (bicyclic) bond motifs is 1. The molecule has 0 spiro atoms. The van der Waals surface area contributed by atoms with E-state index in [0.29, 0.717) is 6.61 Å². The number of methoxy groups -OCH3 is 1. The second-order valence-electron chi connectivity index (χ2n) is 4.48. The number of ether oxygens (including phenoxy) is 1. The Morgan fingerprint density at radius 2 is 1.95 bits per heavy atom. The number of carbonyl (C=O) groups is 1. The number of rotatable bonds is 4. The van der Waals surface area contributed by atoms with Crippen LogP contribution in [-0.4, -0.2) is 25.8 Å². The molecule has 2 rings (SSSR count). The number of urea groups is 1. The first-order valence-corrected chi connectivity index (χ1v) is 6.25. The fourth-order valence-electron chi connectivity index (χ4n) is 2.01. The fourth-order valence-corrected chi connectivity index (χ4v) is 2.01. The van der Waals surface area contributed by atoms with Crippen LogP contribution in [0.3, 0.4) is 0 Å². The maximum atomic E-state index is 11.9. The van der Waals surface area contributed by atoms with Crippen molar-refractivity contribution in [3.63, 3.8) is 0 Å². The average molecular weight is 258 g/mol. The molecule has 4 nitrogen and oxygen atoms in total. The first kappa shape index (κ1) is 13.4. The summed E-state index contributed by atoms with van der Waals surface area (Å²) in [5, 5.41) is 7.82. The average Bonchev–Trinajstić information content (AvgIpc) is 2.39. The molecule has 2 aromatic carbocycles. The third-order valence-corrected chi connectivity index (χ3v) is 2.83. The molecule has 0 fully saturated rings. The second kappa shape index (κ2) is 6.20. The summed E-state index contributed by atoms with van der Waals surface area (Å²) < 4.78 is 4.98. The molecule has 0 aromatic heterocycles.